The average Bonchev–Trinajstić information content (AvgIpc) is 3.18. The Morgan fingerprint density at radius 2 is 1.87 bits per heavy atom. The van der Waals surface area contributed by atoms with E-state index in [1.165, 1.54) is 12.3 Å². The van der Waals surface area contributed by atoms with Crippen LogP contribution in [-0.4, -0.2) is 39.8 Å². The fourth-order valence-corrected chi connectivity index (χ4v) is 4.14. The van der Waals surface area contributed by atoms with E-state index in [0.717, 1.165) is 43.6 Å². The molecule has 3 heterocycles. The first kappa shape index (κ1) is 25.3. The van der Waals surface area contributed by atoms with E-state index >= 15 is 0 Å². The van der Waals surface area contributed by atoms with Crippen LogP contribution >= 0.6 is 0 Å². The second-order valence-electron chi connectivity index (χ2n) is 8.81. The number of pyridine rings is 1. The Labute approximate surface area is 216 Å². The standard InChI is InChI=1S/C26H25F3N6O3/c1-35-22-6-5-19(14-21(22)33-24(35)32-17-4-2-3-16(13-17)26(27,28)29)37-20-9-12-31-23(15-20)34-25(36)38-18-7-10-30-11-8-18/h2-6,9,12-15,18,30H,7-8,10-11H2,1H3,(H,32,33)(H,31,34,36). The summed E-state index contributed by atoms with van der Waals surface area (Å²) in [4.78, 5) is 20.9. The van der Waals surface area contributed by atoms with Crippen molar-refractivity contribution in [2.24, 2.45) is 7.05 Å². The fourth-order valence-electron chi connectivity index (χ4n) is 4.14. The molecule has 2 aromatic carbocycles. The van der Waals surface area contributed by atoms with Gasteiger partial charge in [-0.1, -0.05) is 6.07 Å². The smallest absolute Gasteiger partial charge is 0.416 e. The zero-order valence-electron chi connectivity index (χ0n) is 20.4. The van der Waals surface area contributed by atoms with Gasteiger partial charge in [0.25, 0.3) is 0 Å². The van der Waals surface area contributed by atoms with Crippen LogP contribution < -0.4 is 20.7 Å². The van der Waals surface area contributed by atoms with Gasteiger partial charge in [0.2, 0.25) is 5.95 Å². The number of imidazole rings is 1. The molecule has 2 aromatic heterocycles. The molecule has 0 atom stereocenters. The summed E-state index contributed by atoms with van der Waals surface area (Å²) in [7, 11) is 1.76. The number of aryl methyl sites for hydroxylation is 1. The van der Waals surface area contributed by atoms with Crippen LogP contribution in [0, 0.1) is 0 Å². The number of nitrogens with one attached hydrogen (secondary N) is 3. The molecule has 3 N–H and O–H groups in total. The summed E-state index contributed by atoms with van der Waals surface area (Å²) >= 11 is 0. The molecule has 1 amide bonds. The number of benzene rings is 2. The van der Waals surface area contributed by atoms with Gasteiger partial charge in [0.1, 0.15) is 23.4 Å². The molecule has 1 aliphatic rings. The van der Waals surface area contributed by atoms with Crippen LogP contribution in [0.25, 0.3) is 11.0 Å². The van der Waals surface area contributed by atoms with Gasteiger partial charge in [0.15, 0.2) is 0 Å². The lowest BCUT2D eigenvalue weighted by atomic mass is 10.1. The zero-order valence-corrected chi connectivity index (χ0v) is 20.4. The lowest BCUT2D eigenvalue weighted by Gasteiger charge is -2.22. The van der Waals surface area contributed by atoms with Gasteiger partial charge in [0, 0.05) is 31.1 Å². The highest BCUT2D eigenvalue weighted by Gasteiger charge is 2.30. The summed E-state index contributed by atoms with van der Waals surface area (Å²) in [5.74, 6) is 1.58. The molecular weight excluding hydrogens is 501 g/mol. The lowest BCUT2D eigenvalue weighted by molar-refractivity contribution is -0.137. The first-order valence-corrected chi connectivity index (χ1v) is 12.0. The Kier molecular flexibility index (Phi) is 7.05. The molecule has 12 heteroatoms. The molecule has 0 spiro atoms. The number of amides is 1. The average molecular weight is 527 g/mol. The number of alkyl halides is 3. The quantitative estimate of drug-likeness (QED) is 0.291. The maximum Gasteiger partial charge on any atom is 0.416 e. The van der Waals surface area contributed by atoms with Crippen molar-refractivity contribution in [1.82, 2.24) is 19.9 Å². The second-order valence-corrected chi connectivity index (χ2v) is 8.81. The van der Waals surface area contributed by atoms with E-state index in [9.17, 15) is 18.0 Å². The number of carbonyl (C=O) groups excluding carboxylic acids is 1. The van der Waals surface area contributed by atoms with E-state index in [1.54, 1.807) is 48.0 Å². The minimum Gasteiger partial charge on any atom is -0.457 e. The highest BCUT2D eigenvalue weighted by Crippen LogP contribution is 2.32. The summed E-state index contributed by atoms with van der Waals surface area (Å²) in [5, 5.41) is 8.78. The third-order valence-electron chi connectivity index (χ3n) is 6.06. The van der Waals surface area contributed by atoms with Crippen LogP contribution in [-0.2, 0) is 18.0 Å². The monoisotopic (exact) mass is 526 g/mol. The Hall–Kier alpha value is -4.32. The Bertz CT molecular complexity index is 1450. The van der Waals surface area contributed by atoms with E-state index in [0.29, 0.717) is 23.0 Å². The van der Waals surface area contributed by atoms with Gasteiger partial charge < -0.3 is 24.7 Å². The molecule has 4 aromatic rings. The lowest BCUT2D eigenvalue weighted by Crippen LogP contribution is -2.34. The van der Waals surface area contributed by atoms with Gasteiger partial charge in [0.05, 0.1) is 16.6 Å². The molecule has 0 bridgehead atoms. The molecule has 38 heavy (non-hydrogen) atoms. The third kappa shape index (κ3) is 5.97. The first-order valence-electron chi connectivity index (χ1n) is 12.0. The maximum absolute atomic E-state index is 13.1. The van der Waals surface area contributed by atoms with E-state index in [1.807, 2.05) is 0 Å². The number of fused-ring (bicyclic) bond motifs is 1. The predicted octanol–water partition coefficient (Wildman–Crippen LogP) is 5.82. The van der Waals surface area contributed by atoms with Crippen molar-refractivity contribution < 1.29 is 27.4 Å². The van der Waals surface area contributed by atoms with Crippen LogP contribution in [0.1, 0.15) is 18.4 Å². The molecule has 0 radical (unpaired) electrons. The molecule has 1 aliphatic heterocycles. The minimum absolute atomic E-state index is 0.131. The van der Waals surface area contributed by atoms with Crippen molar-refractivity contribution in [1.29, 1.82) is 0 Å². The molecule has 1 saturated heterocycles. The molecule has 0 aliphatic carbocycles. The molecule has 0 unspecified atom stereocenters. The predicted molar refractivity (Wildman–Crippen MR) is 136 cm³/mol. The van der Waals surface area contributed by atoms with Gasteiger partial charge in [-0.05, 0) is 62.3 Å². The van der Waals surface area contributed by atoms with Crippen molar-refractivity contribution in [2.45, 2.75) is 25.1 Å². The summed E-state index contributed by atoms with van der Waals surface area (Å²) in [6.07, 6.45) is -2.11. The molecule has 0 saturated carbocycles. The SMILES string of the molecule is Cn1c(Nc2cccc(C(F)(F)F)c2)nc2cc(Oc3ccnc(NC(=O)OC4CCNCC4)c3)ccc21. The maximum atomic E-state index is 13.1. The van der Waals surface area contributed by atoms with Gasteiger partial charge in [-0.2, -0.15) is 13.2 Å². The van der Waals surface area contributed by atoms with Crippen LogP contribution in [0.3, 0.4) is 0 Å². The molecule has 198 valence electrons. The van der Waals surface area contributed by atoms with Crippen molar-refractivity contribution in [3.05, 3.63) is 66.4 Å². The molecule has 9 nitrogen and oxygen atoms in total. The highest BCUT2D eigenvalue weighted by molar-refractivity contribution is 5.84. The van der Waals surface area contributed by atoms with Crippen molar-refractivity contribution in [2.75, 3.05) is 23.7 Å². The van der Waals surface area contributed by atoms with E-state index in [-0.39, 0.29) is 17.6 Å². The zero-order chi connectivity index (χ0) is 26.7. The molecule has 1 fully saturated rings. The van der Waals surface area contributed by atoms with Gasteiger partial charge in [-0.3, -0.25) is 5.32 Å². The Morgan fingerprint density at radius 3 is 2.66 bits per heavy atom. The van der Waals surface area contributed by atoms with E-state index in [2.05, 4.69) is 25.9 Å². The number of rotatable bonds is 6. The summed E-state index contributed by atoms with van der Waals surface area (Å²) in [6, 6.07) is 13.4. The van der Waals surface area contributed by atoms with Crippen molar-refractivity contribution in [3.8, 4) is 11.5 Å². The van der Waals surface area contributed by atoms with Crippen LogP contribution in [0.4, 0.5) is 35.4 Å². The fraction of sp³-hybridized carbons (Fsp3) is 0.269. The van der Waals surface area contributed by atoms with Crippen LogP contribution in [0.5, 0.6) is 11.5 Å². The largest absolute Gasteiger partial charge is 0.457 e. The van der Waals surface area contributed by atoms with Gasteiger partial charge in [-0.25, -0.2) is 14.8 Å². The van der Waals surface area contributed by atoms with Crippen LogP contribution in [0.2, 0.25) is 0 Å². The minimum atomic E-state index is -4.44. The third-order valence-corrected chi connectivity index (χ3v) is 6.06. The number of hydrogen-bond acceptors (Lipinski definition) is 7. The van der Waals surface area contributed by atoms with Gasteiger partial charge in [-0.15, -0.1) is 0 Å². The number of ether oxygens (including phenoxy) is 2. The van der Waals surface area contributed by atoms with E-state index in [4.69, 9.17) is 9.47 Å². The highest BCUT2D eigenvalue weighted by atomic mass is 19.4. The van der Waals surface area contributed by atoms with Gasteiger partial charge >= 0.3 is 12.3 Å². The number of nitrogens with zero attached hydrogens (tertiary/aromatic N) is 3. The number of carbonyl (C=O) groups is 1. The molecule has 5 rings (SSSR count). The Balaban J connectivity index is 1.28. The summed E-state index contributed by atoms with van der Waals surface area (Å²) < 4.78 is 52.3. The number of hydrogen-bond donors (Lipinski definition) is 3. The number of aromatic nitrogens is 3. The normalized spacial score (nSPS) is 14.3. The first-order chi connectivity index (χ1) is 18.2. The summed E-state index contributed by atoms with van der Waals surface area (Å²) in [6.45, 7) is 1.62. The number of piperidine rings is 1. The van der Waals surface area contributed by atoms with Crippen molar-refractivity contribution >= 4 is 34.6 Å². The summed E-state index contributed by atoms with van der Waals surface area (Å²) in [5.41, 5.74) is 0.856. The van der Waals surface area contributed by atoms with Crippen LogP contribution in [0.15, 0.2) is 60.8 Å². The van der Waals surface area contributed by atoms with Crippen molar-refractivity contribution in [3.63, 3.8) is 0 Å². The molecular formula is C26H25F3N6O3. The number of anilines is 3. The Morgan fingerprint density at radius 1 is 1.08 bits per heavy atom. The topological polar surface area (TPSA) is 102 Å². The number of halogens is 3. The van der Waals surface area contributed by atoms with E-state index < -0.39 is 17.8 Å². The second kappa shape index (κ2) is 10.6.